The van der Waals surface area contributed by atoms with E-state index in [9.17, 15) is 9.59 Å². The van der Waals surface area contributed by atoms with Crippen LogP contribution in [0, 0.1) is 5.92 Å². The van der Waals surface area contributed by atoms with Gasteiger partial charge in [0.25, 0.3) is 0 Å². The normalized spacial score (nSPS) is 26.2. The van der Waals surface area contributed by atoms with E-state index in [1.807, 2.05) is 18.2 Å². The molecule has 6 nitrogen and oxygen atoms in total. The standard InChI is InChI=1S/C25H29NO5/c1-15-22(25(28)31-17-7-4-2-3-5-8-17)23(24-18(26-15)9-6-10-19(24)27)16-11-12-20-21(13-16)30-14-29-20/h11-13,17,22-23,26H,1-10,14H2. The largest absolute Gasteiger partial charge is 0.462 e. The van der Waals surface area contributed by atoms with Crippen LogP contribution in [0.4, 0.5) is 0 Å². The lowest BCUT2D eigenvalue weighted by atomic mass is 9.71. The van der Waals surface area contributed by atoms with E-state index in [1.54, 1.807) is 0 Å². The Bertz CT molecular complexity index is 941. The summed E-state index contributed by atoms with van der Waals surface area (Å²) in [5.41, 5.74) is 3.05. The number of Topliss-reactive ketones (excluding diaryl/α,β-unsaturated/α-hetero) is 1. The molecule has 31 heavy (non-hydrogen) atoms. The van der Waals surface area contributed by atoms with E-state index < -0.39 is 11.8 Å². The predicted octanol–water partition coefficient (Wildman–Crippen LogP) is 4.51. The van der Waals surface area contributed by atoms with Gasteiger partial charge < -0.3 is 19.5 Å². The maximum absolute atomic E-state index is 13.5. The first-order chi connectivity index (χ1) is 15.1. The Morgan fingerprint density at radius 1 is 1.03 bits per heavy atom. The lowest BCUT2D eigenvalue weighted by Crippen LogP contribution is -2.42. The highest BCUT2D eigenvalue weighted by Crippen LogP contribution is 2.46. The van der Waals surface area contributed by atoms with E-state index in [-0.39, 0.29) is 24.6 Å². The Balaban J connectivity index is 1.52. The molecule has 2 unspecified atom stereocenters. The van der Waals surface area contributed by atoms with Crippen LogP contribution in [-0.2, 0) is 14.3 Å². The summed E-state index contributed by atoms with van der Waals surface area (Å²) < 4.78 is 17.0. The molecule has 0 spiro atoms. The van der Waals surface area contributed by atoms with Crippen LogP contribution in [0.2, 0.25) is 0 Å². The highest BCUT2D eigenvalue weighted by atomic mass is 16.7. The second kappa shape index (κ2) is 8.40. The van der Waals surface area contributed by atoms with Gasteiger partial charge in [-0.05, 0) is 56.2 Å². The van der Waals surface area contributed by atoms with Crippen LogP contribution in [0.25, 0.3) is 0 Å². The van der Waals surface area contributed by atoms with E-state index in [0.29, 0.717) is 29.2 Å². The van der Waals surface area contributed by atoms with E-state index in [2.05, 4.69) is 11.9 Å². The first-order valence-electron chi connectivity index (χ1n) is 11.4. The zero-order valence-electron chi connectivity index (χ0n) is 17.8. The van der Waals surface area contributed by atoms with Gasteiger partial charge in [0.15, 0.2) is 17.3 Å². The quantitative estimate of drug-likeness (QED) is 0.570. The highest BCUT2D eigenvalue weighted by molar-refractivity contribution is 6.00. The summed E-state index contributed by atoms with van der Waals surface area (Å²) in [6.07, 6.45) is 8.39. The van der Waals surface area contributed by atoms with Gasteiger partial charge in [-0.25, -0.2) is 0 Å². The van der Waals surface area contributed by atoms with Crippen molar-refractivity contribution in [2.45, 2.75) is 69.8 Å². The second-order valence-electron chi connectivity index (χ2n) is 8.94. The SMILES string of the molecule is C=C1NC2=C(C(=O)CCC2)C(c2ccc3c(c2)OCO3)C1C(=O)OC1CCCCCC1. The number of allylic oxidation sites excluding steroid dienone is 2. The number of nitrogens with one attached hydrogen (secondary N) is 1. The van der Waals surface area contributed by atoms with Crippen LogP contribution in [0.5, 0.6) is 11.5 Å². The minimum Gasteiger partial charge on any atom is -0.462 e. The molecule has 1 aromatic rings. The summed E-state index contributed by atoms with van der Waals surface area (Å²) in [5.74, 6) is 0.0446. The monoisotopic (exact) mass is 423 g/mol. The van der Waals surface area contributed by atoms with Gasteiger partial charge in [-0.15, -0.1) is 0 Å². The lowest BCUT2D eigenvalue weighted by molar-refractivity contribution is -0.154. The van der Waals surface area contributed by atoms with Crippen molar-refractivity contribution in [1.82, 2.24) is 5.32 Å². The molecule has 1 aromatic carbocycles. The van der Waals surface area contributed by atoms with Gasteiger partial charge >= 0.3 is 5.97 Å². The summed E-state index contributed by atoms with van der Waals surface area (Å²) in [6.45, 7) is 4.36. The highest BCUT2D eigenvalue weighted by Gasteiger charge is 2.44. The molecule has 0 radical (unpaired) electrons. The molecule has 2 aliphatic heterocycles. The Hall–Kier alpha value is -2.76. The Morgan fingerprint density at radius 2 is 1.81 bits per heavy atom. The summed E-state index contributed by atoms with van der Waals surface area (Å²) in [6, 6.07) is 5.67. The predicted molar refractivity (Wildman–Crippen MR) is 115 cm³/mol. The van der Waals surface area contributed by atoms with Crippen molar-refractivity contribution in [2.24, 2.45) is 5.92 Å². The van der Waals surface area contributed by atoms with Crippen molar-refractivity contribution < 1.29 is 23.8 Å². The van der Waals surface area contributed by atoms with E-state index in [4.69, 9.17) is 14.2 Å². The number of hydrogen-bond donors (Lipinski definition) is 1. The molecule has 2 aliphatic carbocycles. The lowest BCUT2D eigenvalue weighted by Gasteiger charge is -2.38. The van der Waals surface area contributed by atoms with Crippen molar-refractivity contribution in [2.75, 3.05) is 6.79 Å². The fourth-order valence-corrected chi connectivity index (χ4v) is 5.34. The molecular weight excluding hydrogens is 394 g/mol. The molecule has 2 atom stereocenters. The van der Waals surface area contributed by atoms with Gasteiger partial charge in [-0.2, -0.15) is 0 Å². The maximum Gasteiger partial charge on any atom is 0.316 e. The van der Waals surface area contributed by atoms with Crippen molar-refractivity contribution in [3.05, 3.63) is 47.3 Å². The first kappa shape index (κ1) is 20.2. The molecule has 0 aromatic heterocycles. The third-order valence-corrected chi connectivity index (χ3v) is 6.88. The van der Waals surface area contributed by atoms with Crippen LogP contribution in [0.15, 0.2) is 41.7 Å². The number of carbonyl (C=O) groups is 2. The smallest absolute Gasteiger partial charge is 0.316 e. The zero-order valence-corrected chi connectivity index (χ0v) is 17.8. The summed E-state index contributed by atoms with van der Waals surface area (Å²) in [7, 11) is 0. The summed E-state index contributed by atoms with van der Waals surface area (Å²) in [5, 5.41) is 3.29. The Labute approximate surface area is 182 Å². The van der Waals surface area contributed by atoms with Crippen LogP contribution in [-0.4, -0.2) is 24.6 Å². The average Bonchev–Trinajstić information content (AvgIpc) is 3.08. The molecule has 6 heteroatoms. The van der Waals surface area contributed by atoms with Crippen LogP contribution < -0.4 is 14.8 Å². The van der Waals surface area contributed by atoms with Gasteiger partial charge in [0, 0.05) is 29.3 Å². The molecule has 4 aliphatic rings. The van der Waals surface area contributed by atoms with Crippen molar-refractivity contribution in [3.8, 4) is 11.5 Å². The number of ether oxygens (including phenoxy) is 3. The number of benzene rings is 1. The maximum atomic E-state index is 13.5. The Kier molecular flexibility index (Phi) is 5.47. The van der Waals surface area contributed by atoms with Crippen LogP contribution in [0.3, 0.4) is 0 Å². The minimum absolute atomic E-state index is 0.0577. The van der Waals surface area contributed by atoms with Gasteiger partial charge in [0.1, 0.15) is 12.0 Å². The van der Waals surface area contributed by atoms with Crippen LogP contribution >= 0.6 is 0 Å². The molecule has 0 amide bonds. The number of esters is 1. The number of fused-ring (bicyclic) bond motifs is 1. The number of carbonyl (C=O) groups excluding carboxylic acids is 2. The van der Waals surface area contributed by atoms with Gasteiger partial charge in [0.2, 0.25) is 6.79 Å². The number of ketones is 1. The summed E-state index contributed by atoms with van der Waals surface area (Å²) >= 11 is 0. The number of hydrogen-bond acceptors (Lipinski definition) is 6. The molecule has 1 fully saturated rings. The molecular formula is C25H29NO5. The molecule has 5 rings (SSSR count). The second-order valence-corrected chi connectivity index (χ2v) is 8.94. The van der Waals surface area contributed by atoms with E-state index in [0.717, 1.165) is 49.8 Å². The molecule has 2 heterocycles. The van der Waals surface area contributed by atoms with Crippen molar-refractivity contribution >= 4 is 11.8 Å². The van der Waals surface area contributed by atoms with Crippen molar-refractivity contribution in [1.29, 1.82) is 0 Å². The third kappa shape index (κ3) is 3.84. The molecule has 164 valence electrons. The van der Waals surface area contributed by atoms with Crippen LogP contribution in [0.1, 0.15) is 69.3 Å². The molecule has 1 N–H and O–H groups in total. The topological polar surface area (TPSA) is 73.9 Å². The fourth-order valence-electron chi connectivity index (χ4n) is 5.34. The minimum atomic E-state index is -0.649. The zero-order chi connectivity index (χ0) is 21.4. The summed E-state index contributed by atoms with van der Waals surface area (Å²) in [4.78, 5) is 26.5. The number of rotatable bonds is 3. The van der Waals surface area contributed by atoms with E-state index >= 15 is 0 Å². The molecule has 1 saturated carbocycles. The Morgan fingerprint density at radius 3 is 2.61 bits per heavy atom. The molecule has 0 saturated heterocycles. The van der Waals surface area contributed by atoms with Gasteiger partial charge in [-0.3, -0.25) is 9.59 Å². The van der Waals surface area contributed by atoms with Gasteiger partial charge in [0.05, 0.1) is 0 Å². The fraction of sp³-hybridized carbons (Fsp3) is 0.520. The third-order valence-electron chi connectivity index (χ3n) is 6.88. The van der Waals surface area contributed by atoms with Gasteiger partial charge in [-0.1, -0.05) is 25.5 Å². The van der Waals surface area contributed by atoms with Crippen molar-refractivity contribution in [3.63, 3.8) is 0 Å². The molecule has 0 bridgehead atoms. The first-order valence-corrected chi connectivity index (χ1v) is 11.4. The average molecular weight is 424 g/mol. The van der Waals surface area contributed by atoms with E-state index in [1.165, 1.54) is 12.8 Å².